The average Bonchev–Trinajstić information content (AvgIpc) is 3.11. The minimum atomic E-state index is -4.13. The van der Waals surface area contributed by atoms with Crippen LogP contribution in [0.3, 0.4) is 0 Å². The van der Waals surface area contributed by atoms with Gasteiger partial charge in [0.25, 0.3) is 0 Å². The van der Waals surface area contributed by atoms with Crippen LogP contribution < -0.4 is 5.32 Å². The molecule has 1 aromatic rings. The van der Waals surface area contributed by atoms with E-state index >= 15 is 0 Å². The molecule has 2 nitrogen and oxygen atoms in total. The van der Waals surface area contributed by atoms with E-state index < -0.39 is 12.7 Å². The Morgan fingerprint density at radius 2 is 2.10 bits per heavy atom. The molecule has 1 N–H and O–H groups in total. The zero-order chi connectivity index (χ0) is 15.5. The van der Waals surface area contributed by atoms with Crippen LogP contribution in [-0.2, 0) is 13.1 Å². The lowest BCUT2D eigenvalue weighted by molar-refractivity contribution is -0.147. The molecule has 1 aliphatic carbocycles. The van der Waals surface area contributed by atoms with Crippen molar-refractivity contribution < 1.29 is 13.2 Å². The van der Waals surface area contributed by atoms with Crippen LogP contribution in [0.1, 0.15) is 41.5 Å². The monoisotopic (exact) mass is 320 g/mol. The molecule has 0 unspecified atom stereocenters. The number of nitrogens with one attached hydrogen (secondary N) is 1. The van der Waals surface area contributed by atoms with Gasteiger partial charge in [-0.05, 0) is 44.4 Å². The highest BCUT2D eigenvalue weighted by atomic mass is 32.1. The van der Waals surface area contributed by atoms with Crippen LogP contribution in [0.4, 0.5) is 13.2 Å². The molecule has 2 rings (SSSR count). The van der Waals surface area contributed by atoms with Crippen LogP contribution in [0.25, 0.3) is 0 Å². The van der Waals surface area contributed by atoms with Gasteiger partial charge < -0.3 is 5.32 Å². The maximum absolute atomic E-state index is 12.6. The summed E-state index contributed by atoms with van der Waals surface area (Å²) in [4.78, 5) is 3.84. The second kappa shape index (κ2) is 7.11. The predicted molar refractivity (Wildman–Crippen MR) is 80.5 cm³/mol. The van der Waals surface area contributed by atoms with Gasteiger partial charge in [-0.1, -0.05) is 6.92 Å². The van der Waals surface area contributed by atoms with Crippen molar-refractivity contribution >= 4 is 11.3 Å². The van der Waals surface area contributed by atoms with E-state index in [2.05, 4.69) is 11.4 Å². The highest BCUT2D eigenvalue weighted by Gasteiger charge is 2.30. The molecule has 0 bridgehead atoms. The standard InChI is InChI=1S/C15H23F3N2S/c1-3-6-20(10-15(16,17)18)9-12-7-14(21-11(12)2)8-19-13-4-5-13/h7,13,19H,3-6,8-10H2,1-2H3. The van der Waals surface area contributed by atoms with Gasteiger partial charge in [0.2, 0.25) is 0 Å². The van der Waals surface area contributed by atoms with Crippen LogP contribution in [-0.4, -0.2) is 30.2 Å². The van der Waals surface area contributed by atoms with E-state index in [1.807, 2.05) is 13.8 Å². The Hall–Kier alpha value is -0.590. The van der Waals surface area contributed by atoms with Crippen molar-refractivity contribution in [1.82, 2.24) is 10.2 Å². The molecular weight excluding hydrogens is 297 g/mol. The lowest BCUT2D eigenvalue weighted by atomic mass is 10.2. The number of nitrogens with zero attached hydrogens (tertiary/aromatic N) is 1. The molecule has 1 heterocycles. The van der Waals surface area contributed by atoms with Crippen LogP contribution >= 0.6 is 11.3 Å². The summed E-state index contributed by atoms with van der Waals surface area (Å²) in [6.07, 6.45) is -0.912. The van der Waals surface area contributed by atoms with Crippen molar-refractivity contribution in [2.45, 2.75) is 58.4 Å². The van der Waals surface area contributed by atoms with E-state index in [9.17, 15) is 13.2 Å². The van der Waals surface area contributed by atoms with Crippen molar-refractivity contribution in [3.8, 4) is 0 Å². The second-order valence-electron chi connectivity index (χ2n) is 5.78. The Balaban J connectivity index is 1.94. The van der Waals surface area contributed by atoms with E-state index in [4.69, 9.17) is 0 Å². The van der Waals surface area contributed by atoms with Gasteiger partial charge in [0.05, 0.1) is 6.54 Å². The number of hydrogen-bond donors (Lipinski definition) is 1. The number of rotatable bonds is 8. The van der Waals surface area contributed by atoms with Gasteiger partial charge >= 0.3 is 6.18 Å². The van der Waals surface area contributed by atoms with Crippen molar-refractivity contribution in [3.05, 3.63) is 21.4 Å². The van der Waals surface area contributed by atoms with Gasteiger partial charge in [-0.25, -0.2) is 0 Å². The van der Waals surface area contributed by atoms with Crippen LogP contribution in [0.5, 0.6) is 0 Å². The van der Waals surface area contributed by atoms with Crippen molar-refractivity contribution in [3.63, 3.8) is 0 Å². The number of thiophene rings is 1. The Bertz CT molecular complexity index is 452. The van der Waals surface area contributed by atoms with E-state index in [1.54, 1.807) is 11.3 Å². The lowest BCUT2D eigenvalue weighted by Gasteiger charge is -2.23. The Labute approximate surface area is 128 Å². The van der Waals surface area contributed by atoms with Crippen molar-refractivity contribution in [1.29, 1.82) is 0 Å². The first-order chi connectivity index (χ1) is 9.87. The van der Waals surface area contributed by atoms with Crippen molar-refractivity contribution in [2.75, 3.05) is 13.1 Å². The third kappa shape index (κ3) is 5.96. The minimum absolute atomic E-state index is 0.388. The first-order valence-electron chi connectivity index (χ1n) is 7.48. The van der Waals surface area contributed by atoms with Gasteiger partial charge in [0.15, 0.2) is 0 Å². The molecule has 1 fully saturated rings. The Morgan fingerprint density at radius 1 is 1.38 bits per heavy atom. The fourth-order valence-electron chi connectivity index (χ4n) is 2.39. The number of aryl methyl sites for hydroxylation is 1. The predicted octanol–water partition coefficient (Wildman–Crippen LogP) is 4.08. The molecule has 0 aliphatic heterocycles. The summed E-state index contributed by atoms with van der Waals surface area (Å²) in [5.41, 5.74) is 1.03. The summed E-state index contributed by atoms with van der Waals surface area (Å²) in [5.74, 6) is 0. The highest BCUT2D eigenvalue weighted by Crippen LogP contribution is 2.26. The molecule has 0 aromatic carbocycles. The smallest absolute Gasteiger partial charge is 0.309 e. The maximum atomic E-state index is 12.6. The molecule has 1 aliphatic rings. The van der Waals surface area contributed by atoms with E-state index in [0.29, 0.717) is 19.1 Å². The van der Waals surface area contributed by atoms with Gasteiger partial charge in [-0.2, -0.15) is 13.2 Å². The summed E-state index contributed by atoms with van der Waals surface area (Å²) in [5, 5.41) is 3.45. The molecule has 6 heteroatoms. The molecule has 1 saturated carbocycles. The summed E-state index contributed by atoms with van der Waals surface area (Å²) in [7, 11) is 0. The molecule has 0 amide bonds. The number of hydrogen-bond acceptors (Lipinski definition) is 3. The van der Waals surface area contributed by atoms with Gasteiger partial charge in [0.1, 0.15) is 0 Å². The molecule has 0 atom stereocenters. The average molecular weight is 320 g/mol. The third-order valence-corrected chi connectivity index (χ3v) is 4.64. The minimum Gasteiger partial charge on any atom is -0.309 e. The summed E-state index contributed by atoms with van der Waals surface area (Å²) in [6.45, 7) is 4.78. The van der Waals surface area contributed by atoms with Crippen molar-refractivity contribution in [2.24, 2.45) is 0 Å². The third-order valence-electron chi connectivity index (χ3n) is 3.55. The largest absolute Gasteiger partial charge is 0.401 e. The molecule has 120 valence electrons. The van der Waals surface area contributed by atoms with Crippen LogP contribution in [0.15, 0.2) is 6.07 Å². The summed E-state index contributed by atoms with van der Waals surface area (Å²) < 4.78 is 37.8. The quantitative estimate of drug-likeness (QED) is 0.776. The lowest BCUT2D eigenvalue weighted by Crippen LogP contribution is -2.34. The van der Waals surface area contributed by atoms with E-state index in [0.717, 1.165) is 23.4 Å². The molecule has 21 heavy (non-hydrogen) atoms. The Kier molecular flexibility index (Phi) is 5.68. The Morgan fingerprint density at radius 3 is 2.67 bits per heavy atom. The van der Waals surface area contributed by atoms with Gasteiger partial charge in [-0.3, -0.25) is 4.90 Å². The number of alkyl halides is 3. The second-order valence-corrected chi connectivity index (χ2v) is 7.12. The van der Waals surface area contributed by atoms with Crippen LogP contribution in [0.2, 0.25) is 0 Å². The molecular formula is C15H23F3N2S. The highest BCUT2D eigenvalue weighted by molar-refractivity contribution is 7.12. The van der Waals surface area contributed by atoms with Crippen LogP contribution in [0, 0.1) is 6.92 Å². The summed E-state index contributed by atoms with van der Waals surface area (Å²) >= 11 is 1.69. The first-order valence-corrected chi connectivity index (χ1v) is 8.29. The molecule has 0 radical (unpaired) electrons. The fourth-order valence-corrected chi connectivity index (χ4v) is 3.39. The SMILES string of the molecule is CCCN(Cc1cc(CNC2CC2)sc1C)CC(F)(F)F. The van der Waals surface area contributed by atoms with Gasteiger partial charge in [0, 0.05) is 28.9 Å². The van der Waals surface area contributed by atoms with E-state index in [-0.39, 0.29) is 0 Å². The summed E-state index contributed by atoms with van der Waals surface area (Å²) in [6, 6.07) is 2.71. The first kappa shape index (κ1) is 16.8. The normalized spacial score (nSPS) is 15.9. The number of halogens is 3. The van der Waals surface area contributed by atoms with E-state index in [1.165, 1.54) is 22.6 Å². The fraction of sp³-hybridized carbons (Fsp3) is 0.733. The molecule has 0 saturated heterocycles. The maximum Gasteiger partial charge on any atom is 0.401 e. The van der Waals surface area contributed by atoms with Gasteiger partial charge in [-0.15, -0.1) is 11.3 Å². The molecule has 0 spiro atoms. The molecule has 1 aromatic heterocycles. The zero-order valence-corrected chi connectivity index (χ0v) is 13.4. The zero-order valence-electron chi connectivity index (χ0n) is 12.6. The topological polar surface area (TPSA) is 15.3 Å².